The Morgan fingerprint density at radius 2 is 2.17 bits per heavy atom. The molecule has 94 valence electrons. The fraction of sp³-hybridized carbons (Fsp3) is 0.231. The highest BCUT2D eigenvalue weighted by Gasteiger charge is 2.11. The first-order valence-corrected chi connectivity index (χ1v) is 5.81. The molecule has 5 nitrogen and oxygen atoms in total. The van der Waals surface area contributed by atoms with Gasteiger partial charge in [0.05, 0.1) is 17.4 Å². The minimum atomic E-state index is -0.157. The first kappa shape index (κ1) is 12.3. The van der Waals surface area contributed by atoms with Crippen LogP contribution in [0, 0.1) is 0 Å². The van der Waals surface area contributed by atoms with Crippen LogP contribution in [0.15, 0.2) is 42.7 Å². The zero-order chi connectivity index (χ0) is 13.0. The summed E-state index contributed by atoms with van der Waals surface area (Å²) in [6.07, 6.45) is 3.25. The first-order chi connectivity index (χ1) is 8.70. The van der Waals surface area contributed by atoms with E-state index in [1.54, 1.807) is 17.1 Å². The van der Waals surface area contributed by atoms with E-state index in [2.05, 4.69) is 10.4 Å². The molecule has 0 aliphatic carbocycles. The quantitative estimate of drug-likeness (QED) is 0.841. The molecule has 18 heavy (non-hydrogen) atoms. The molecule has 0 saturated heterocycles. The number of carbonyl (C=O) groups excluding carboxylic acids is 1. The monoisotopic (exact) mass is 244 g/mol. The van der Waals surface area contributed by atoms with Crippen molar-refractivity contribution >= 4 is 5.91 Å². The van der Waals surface area contributed by atoms with E-state index in [9.17, 15) is 4.79 Å². The number of rotatable bonds is 4. The zero-order valence-corrected chi connectivity index (χ0v) is 10.2. The van der Waals surface area contributed by atoms with E-state index in [1.807, 2.05) is 37.3 Å². The summed E-state index contributed by atoms with van der Waals surface area (Å²) in [5.74, 6) is -0.157. The number of hydrogen-bond donors (Lipinski definition) is 2. The minimum Gasteiger partial charge on any atom is -0.348 e. The van der Waals surface area contributed by atoms with Crippen molar-refractivity contribution in [2.45, 2.75) is 13.0 Å². The van der Waals surface area contributed by atoms with Gasteiger partial charge in [0.1, 0.15) is 0 Å². The van der Waals surface area contributed by atoms with Crippen LogP contribution in [-0.2, 0) is 0 Å². The van der Waals surface area contributed by atoms with Crippen LogP contribution in [0.2, 0.25) is 0 Å². The van der Waals surface area contributed by atoms with Crippen LogP contribution in [0.4, 0.5) is 0 Å². The van der Waals surface area contributed by atoms with E-state index in [4.69, 9.17) is 5.73 Å². The molecule has 2 rings (SSSR count). The van der Waals surface area contributed by atoms with E-state index < -0.39 is 0 Å². The second kappa shape index (κ2) is 5.46. The Hall–Kier alpha value is -2.14. The van der Waals surface area contributed by atoms with Gasteiger partial charge in [0.15, 0.2) is 0 Å². The van der Waals surface area contributed by atoms with Gasteiger partial charge in [-0.15, -0.1) is 0 Å². The highest BCUT2D eigenvalue weighted by atomic mass is 16.1. The number of para-hydroxylation sites is 1. The van der Waals surface area contributed by atoms with Gasteiger partial charge in [-0.05, 0) is 19.1 Å². The lowest BCUT2D eigenvalue weighted by Crippen LogP contribution is -2.37. The summed E-state index contributed by atoms with van der Waals surface area (Å²) in [5, 5.41) is 6.96. The summed E-state index contributed by atoms with van der Waals surface area (Å²) in [7, 11) is 0. The molecule has 3 N–H and O–H groups in total. The molecule has 1 atom stereocenters. The summed E-state index contributed by atoms with van der Waals surface area (Å²) < 4.78 is 1.67. The molecule has 0 fully saturated rings. The summed E-state index contributed by atoms with van der Waals surface area (Å²) >= 11 is 0. The topological polar surface area (TPSA) is 72.9 Å². The molecule has 1 aromatic heterocycles. The largest absolute Gasteiger partial charge is 0.348 e. The third kappa shape index (κ3) is 2.75. The van der Waals surface area contributed by atoms with Gasteiger partial charge in [-0.25, -0.2) is 4.68 Å². The smallest absolute Gasteiger partial charge is 0.254 e. The zero-order valence-electron chi connectivity index (χ0n) is 10.2. The normalized spacial score (nSPS) is 12.1. The molecule has 0 spiro atoms. The minimum absolute atomic E-state index is 0.0439. The third-order valence-corrected chi connectivity index (χ3v) is 2.60. The lowest BCUT2D eigenvalue weighted by Gasteiger charge is -2.09. The van der Waals surface area contributed by atoms with Gasteiger partial charge in [0.2, 0.25) is 0 Å². The van der Waals surface area contributed by atoms with Crippen LogP contribution in [0.25, 0.3) is 5.69 Å². The van der Waals surface area contributed by atoms with Crippen LogP contribution in [0.1, 0.15) is 17.3 Å². The van der Waals surface area contributed by atoms with E-state index in [0.717, 1.165) is 5.69 Å². The number of nitrogens with zero attached hydrogens (tertiary/aromatic N) is 2. The highest BCUT2D eigenvalue weighted by molar-refractivity contribution is 5.93. The van der Waals surface area contributed by atoms with Crippen molar-refractivity contribution in [2.75, 3.05) is 6.54 Å². The fourth-order valence-corrected chi connectivity index (χ4v) is 1.53. The molecule has 0 bridgehead atoms. The van der Waals surface area contributed by atoms with Crippen molar-refractivity contribution in [3.8, 4) is 5.69 Å². The van der Waals surface area contributed by atoms with Crippen molar-refractivity contribution in [1.29, 1.82) is 0 Å². The maximum Gasteiger partial charge on any atom is 0.254 e. The summed E-state index contributed by atoms with van der Waals surface area (Å²) in [5.41, 5.74) is 6.91. The van der Waals surface area contributed by atoms with Gasteiger partial charge in [-0.1, -0.05) is 18.2 Å². The Balaban J connectivity index is 2.13. The average molecular weight is 244 g/mol. The molecule has 5 heteroatoms. The number of nitrogens with one attached hydrogen (secondary N) is 1. The maximum absolute atomic E-state index is 11.8. The number of carbonyl (C=O) groups is 1. The molecular formula is C13H16N4O. The van der Waals surface area contributed by atoms with Crippen LogP contribution in [-0.4, -0.2) is 28.3 Å². The molecule has 0 saturated carbocycles. The summed E-state index contributed by atoms with van der Waals surface area (Å²) in [4.78, 5) is 11.8. The molecule has 2 aromatic rings. The summed E-state index contributed by atoms with van der Waals surface area (Å²) in [6.45, 7) is 2.28. The van der Waals surface area contributed by atoms with Crippen LogP contribution in [0.3, 0.4) is 0 Å². The molecule has 1 aromatic carbocycles. The van der Waals surface area contributed by atoms with E-state index in [-0.39, 0.29) is 11.9 Å². The van der Waals surface area contributed by atoms with Gasteiger partial charge in [0, 0.05) is 18.8 Å². The van der Waals surface area contributed by atoms with Crippen LogP contribution < -0.4 is 11.1 Å². The molecular weight excluding hydrogens is 228 g/mol. The third-order valence-electron chi connectivity index (χ3n) is 2.60. The molecule has 0 radical (unpaired) electrons. The first-order valence-electron chi connectivity index (χ1n) is 5.81. The molecule has 1 unspecified atom stereocenters. The Kier molecular flexibility index (Phi) is 3.74. The van der Waals surface area contributed by atoms with Crippen molar-refractivity contribution in [2.24, 2.45) is 5.73 Å². The number of hydrogen-bond acceptors (Lipinski definition) is 3. The lowest BCUT2D eigenvalue weighted by molar-refractivity contribution is 0.0941. The molecule has 1 heterocycles. The predicted molar refractivity (Wildman–Crippen MR) is 69.5 cm³/mol. The fourth-order valence-electron chi connectivity index (χ4n) is 1.53. The van der Waals surface area contributed by atoms with Crippen molar-refractivity contribution in [3.63, 3.8) is 0 Å². The Labute approximate surface area is 106 Å². The lowest BCUT2D eigenvalue weighted by atomic mass is 10.3. The predicted octanol–water partition coefficient (Wildman–Crippen LogP) is 0.949. The van der Waals surface area contributed by atoms with E-state index in [0.29, 0.717) is 12.1 Å². The van der Waals surface area contributed by atoms with Gasteiger partial charge >= 0.3 is 0 Å². The maximum atomic E-state index is 11.8. The second-order valence-corrected chi connectivity index (χ2v) is 4.12. The Bertz CT molecular complexity index is 521. The second-order valence-electron chi connectivity index (χ2n) is 4.12. The Morgan fingerprint density at radius 3 is 2.83 bits per heavy atom. The average Bonchev–Trinajstić information content (AvgIpc) is 2.89. The number of amides is 1. The number of aromatic nitrogens is 2. The van der Waals surface area contributed by atoms with Gasteiger partial charge < -0.3 is 11.1 Å². The van der Waals surface area contributed by atoms with Crippen molar-refractivity contribution in [1.82, 2.24) is 15.1 Å². The highest BCUT2D eigenvalue weighted by Crippen LogP contribution is 2.07. The van der Waals surface area contributed by atoms with Gasteiger partial charge in [-0.3, -0.25) is 4.79 Å². The molecule has 1 amide bonds. The Morgan fingerprint density at radius 1 is 1.44 bits per heavy atom. The standard InChI is InChI=1S/C13H16N4O/c1-10(7-14)16-13(18)11-8-15-17(9-11)12-5-3-2-4-6-12/h2-6,8-10H,7,14H2,1H3,(H,16,18). The van der Waals surface area contributed by atoms with Crippen molar-refractivity contribution in [3.05, 3.63) is 48.3 Å². The van der Waals surface area contributed by atoms with Gasteiger partial charge in [0.25, 0.3) is 5.91 Å². The number of benzene rings is 1. The van der Waals surface area contributed by atoms with E-state index >= 15 is 0 Å². The summed E-state index contributed by atoms with van der Waals surface area (Å²) in [6, 6.07) is 9.59. The molecule has 0 aliphatic heterocycles. The van der Waals surface area contributed by atoms with Crippen LogP contribution in [0.5, 0.6) is 0 Å². The molecule has 0 aliphatic rings. The van der Waals surface area contributed by atoms with Crippen molar-refractivity contribution < 1.29 is 4.79 Å². The van der Waals surface area contributed by atoms with Gasteiger partial charge in [-0.2, -0.15) is 5.10 Å². The SMILES string of the molecule is CC(CN)NC(=O)c1cnn(-c2ccccc2)c1. The number of nitrogens with two attached hydrogens (primary N) is 1. The van der Waals surface area contributed by atoms with E-state index in [1.165, 1.54) is 0 Å². The van der Waals surface area contributed by atoms with Crippen LogP contribution >= 0.6 is 0 Å².